The van der Waals surface area contributed by atoms with Crippen LogP contribution in [-0.4, -0.2) is 25.1 Å². The first kappa shape index (κ1) is 18.7. The summed E-state index contributed by atoms with van der Waals surface area (Å²) in [5, 5.41) is 10.5. The van der Waals surface area contributed by atoms with Crippen molar-refractivity contribution < 1.29 is 4.79 Å². The Morgan fingerprint density at radius 2 is 1.83 bits per heavy atom. The summed E-state index contributed by atoms with van der Waals surface area (Å²) < 4.78 is 2.43. The van der Waals surface area contributed by atoms with Gasteiger partial charge in [0.15, 0.2) is 5.65 Å². The van der Waals surface area contributed by atoms with E-state index in [1.165, 1.54) is 4.40 Å². The highest BCUT2D eigenvalue weighted by molar-refractivity contribution is 6.33. The number of fused-ring (bicyclic) bond motifs is 1. The lowest BCUT2D eigenvalue weighted by Crippen LogP contribution is -2.29. The van der Waals surface area contributed by atoms with Crippen molar-refractivity contribution in [2.24, 2.45) is 0 Å². The molecule has 0 fully saturated rings. The first-order valence-corrected chi connectivity index (χ1v) is 9.23. The summed E-state index contributed by atoms with van der Waals surface area (Å²) in [5.74, 6) is -0.0835. The Kier molecular flexibility index (Phi) is 5.01. The van der Waals surface area contributed by atoms with Gasteiger partial charge in [0.25, 0.3) is 0 Å². The zero-order chi connectivity index (χ0) is 20.4. The molecule has 2 aromatic carbocycles. The van der Waals surface area contributed by atoms with Crippen LogP contribution in [0.15, 0.2) is 65.5 Å². The number of rotatable bonds is 5. The van der Waals surface area contributed by atoms with Gasteiger partial charge in [-0.15, -0.1) is 5.10 Å². The van der Waals surface area contributed by atoms with Crippen LogP contribution in [0.3, 0.4) is 0 Å². The highest BCUT2D eigenvalue weighted by Gasteiger charge is 2.16. The molecule has 0 bridgehead atoms. The van der Waals surface area contributed by atoms with Gasteiger partial charge < -0.3 is 10.6 Å². The molecule has 2 heterocycles. The summed E-state index contributed by atoms with van der Waals surface area (Å²) >= 11 is 6.06. The molecule has 2 aromatic heterocycles. The third-order valence-electron chi connectivity index (χ3n) is 4.17. The molecule has 8 nitrogen and oxygen atoms in total. The van der Waals surface area contributed by atoms with Gasteiger partial charge in [0.1, 0.15) is 6.54 Å². The number of anilines is 3. The number of benzene rings is 2. The average molecular weight is 409 g/mol. The van der Waals surface area contributed by atoms with Gasteiger partial charge in [-0.25, -0.2) is 18.9 Å². The second kappa shape index (κ2) is 7.76. The average Bonchev–Trinajstić information content (AvgIpc) is 2.99. The van der Waals surface area contributed by atoms with Crippen LogP contribution in [0, 0.1) is 6.92 Å². The van der Waals surface area contributed by atoms with Gasteiger partial charge in [0.05, 0.1) is 10.7 Å². The van der Waals surface area contributed by atoms with Crippen molar-refractivity contribution in [2.45, 2.75) is 13.5 Å². The fraction of sp³-hybridized carbons (Fsp3) is 0.100. The summed E-state index contributed by atoms with van der Waals surface area (Å²) in [6, 6.07) is 17.9. The number of hydrogen-bond acceptors (Lipinski definition) is 5. The molecule has 0 spiro atoms. The van der Waals surface area contributed by atoms with E-state index in [4.69, 9.17) is 11.6 Å². The lowest BCUT2D eigenvalue weighted by molar-refractivity contribution is -0.117. The fourth-order valence-corrected chi connectivity index (χ4v) is 3.06. The molecule has 4 aromatic rings. The minimum Gasteiger partial charge on any atom is -0.325 e. The molecule has 146 valence electrons. The zero-order valence-electron chi connectivity index (χ0n) is 15.5. The Morgan fingerprint density at radius 3 is 2.59 bits per heavy atom. The topological polar surface area (TPSA) is 93.3 Å². The molecule has 0 aliphatic rings. The first-order valence-electron chi connectivity index (χ1n) is 8.85. The summed E-state index contributed by atoms with van der Waals surface area (Å²) in [5.41, 5.74) is 1.86. The van der Waals surface area contributed by atoms with E-state index in [2.05, 4.69) is 20.7 Å². The third-order valence-corrected chi connectivity index (χ3v) is 4.50. The van der Waals surface area contributed by atoms with E-state index in [0.29, 0.717) is 28.0 Å². The van der Waals surface area contributed by atoms with E-state index in [9.17, 15) is 9.59 Å². The van der Waals surface area contributed by atoms with E-state index in [-0.39, 0.29) is 6.54 Å². The number of hydrogen-bond donors (Lipinski definition) is 2. The maximum Gasteiger partial charge on any atom is 0.353 e. The van der Waals surface area contributed by atoms with E-state index >= 15 is 0 Å². The number of aromatic nitrogens is 4. The van der Waals surface area contributed by atoms with Crippen LogP contribution in [0.25, 0.3) is 5.65 Å². The van der Waals surface area contributed by atoms with Gasteiger partial charge in [0.2, 0.25) is 11.9 Å². The Morgan fingerprint density at radius 1 is 1.10 bits per heavy atom. The van der Waals surface area contributed by atoms with Gasteiger partial charge >= 0.3 is 5.69 Å². The standard InChI is InChI=1S/C20H17ClN6O2/c1-13-11-17-25-26(12-18(28)24-16-10-6-5-9-15(16)21)20(29)27(17)19(22-13)23-14-7-3-2-4-8-14/h2-11H,12H2,1H3,(H,22,23)(H,24,28). The zero-order valence-corrected chi connectivity index (χ0v) is 16.2. The van der Waals surface area contributed by atoms with E-state index in [1.54, 1.807) is 30.3 Å². The fourth-order valence-electron chi connectivity index (χ4n) is 2.88. The predicted molar refractivity (Wildman–Crippen MR) is 112 cm³/mol. The van der Waals surface area contributed by atoms with Crippen molar-refractivity contribution in [2.75, 3.05) is 10.6 Å². The largest absolute Gasteiger partial charge is 0.353 e. The second-order valence-electron chi connectivity index (χ2n) is 6.37. The van der Waals surface area contributed by atoms with Crippen molar-refractivity contribution in [1.29, 1.82) is 0 Å². The molecule has 0 aliphatic heterocycles. The molecule has 9 heteroatoms. The normalized spacial score (nSPS) is 10.8. The number of para-hydroxylation sites is 2. The molecule has 0 unspecified atom stereocenters. The van der Waals surface area contributed by atoms with Crippen molar-refractivity contribution >= 4 is 40.5 Å². The van der Waals surface area contributed by atoms with Crippen molar-refractivity contribution in [3.05, 3.63) is 81.9 Å². The summed E-state index contributed by atoms with van der Waals surface area (Å²) in [4.78, 5) is 29.7. The highest BCUT2D eigenvalue weighted by Crippen LogP contribution is 2.20. The smallest absolute Gasteiger partial charge is 0.325 e. The maximum absolute atomic E-state index is 12.9. The molecule has 0 saturated carbocycles. The number of amides is 1. The van der Waals surface area contributed by atoms with Crippen LogP contribution in [0.5, 0.6) is 0 Å². The van der Waals surface area contributed by atoms with Crippen LogP contribution in [0.4, 0.5) is 17.3 Å². The Labute approximate surface area is 170 Å². The van der Waals surface area contributed by atoms with Crippen molar-refractivity contribution in [3.63, 3.8) is 0 Å². The van der Waals surface area contributed by atoms with Crippen LogP contribution in [-0.2, 0) is 11.3 Å². The molecule has 4 rings (SSSR count). The van der Waals surface area contributed by atoms with Crippen LogP contribution < -0.4 is 16.3 Å². The van der Waals surface area contributed by atoms with Crippen LogP contribution >= 0.6 is 11.6 Å². The van der Waals surface area contributed by atoms with Crippen molar-refractivity contribution in [3.8, 4) is 0 Å². The lowest BCUT2D eigenvalue weighted by Gasteiger charge is -2.07. The predicted octanol–water partition coefficient (Wildman–Crippen LogP) is 3.24. The van der Waals surface area contributed by atoms with E-state index in [1.807, 2.05) is 37.3 Å². The molecule has 29 heavy (non-hydrogen) atoms. The Balaban J connectivity index is 1.65. The van der Waals surface area contributed by atoms with Gasteiger partial charge in [0, 0.05) is 17.4 Å². The summed E-state index contributed by atoms with van der Waals surface area (Å²) in [6.45, 7) is 1.55. The van der Waals surface area contributed by atoms with Gasteiger partial charge in [-0.3, -0.25) is 4.79 Å². The minimum atomic E-state index is -0.472. The highest BCUT2D eigenvalue weighted by atomic mass is 35.5. The number of nitrogens with one attached hydrogen (secondary N) is 2. The Bertz CT molecular complexity index is 1250. The summed E-state index contributed by atoms with van der Waals surface area (Å²) in [7, 11) is 0. The van der Waals surface area contributed by atoms with Crippen molar-refractivity contribution in [1.82, 2.24) is 19.2 Å². The number of carbonyl (C=O) groups is 1. The van der Waals surface area contributed by atoms with Crippen LogP contribution in [0.2, 0.25) is 5.02 Å². The SMILES string of the molecule is Cc1cc2nn(CC(=O)Nc3ccccc3Cl)c(=O)n2c(Nc2ccccc2)n1. The van der Waals surface area contributed by atoms with Crippen LogP contribution in [0.1, 0.15) is 5.69 Å². The number of carbonyl (C=O) groups excluding carboxylic acids is 1. The first-order chi connectivity index (χ1) is 14.0. The molecular formula is C20H17ClN6O2. The lowest BCUT2D eigenvalue weighted by atomic mass is 10.3. The molecule has 0 radical (unpaired) electrons. The van der Waals surface area contributed by atoms with E-state index in [0.717, 1.165) is 10.4 Å². The summed E-state index contributed by atoms with van der Waals surface area (Å²) in [6.07, 6.45) is 0. The maximum atomic E-state index is 12.9. The second-order valence-corrected chi connectivity index (χ2v) is 6.78. The molecule has 0 saturated heterocycles. The van der Waals surface area contributed by atoms with Gasteiger partial charge in [-0.2, -0.15) is 0 Å². The quantitative estimate of drug-likeness (QED) is 0.528. The molecule has 1 amide bonds. The molecule has 0 atom stereocenters. The van der Waals surface area contributed by atoms with Gasteiger partial charge in [-0.05, 0) is 31.2 Å². The van der Waals surface area contributed by atoms with E-state index < -0.39 is 11.6 Å². The van der Waals surface area contributed by atoms with Gasteiger partial charge in [-0.1, -0.05) is 41.9 Å². The number of halogens is 1. The molecule has 2 N–H and O–H groups in total. The number of aryl methyl sites for hydroxylation is 1. The monoisotopic (exact) mass is 408 g/mol. The third kappa shape index (κ3) is 3.97. The minimum absolute atomic E-state index is 0.254. The molecular weight excluding hydrogens is 392 g/mol. The molecule has 0 aliphatic carbocycles. The number of nitrogens with zero attached hydrogens (tertiary/aromatic N) is 4. The Hall–Kier alpha value is -3.65.